The van der Waals surface area contributed by atoms with Crippen molar-refractivity contribution in [3.8, 4) is 0 Å². The summed E-state index contributed by atoms with van der Waals surface area (Å²) in [5.41, 5.74) is 0.498. The number of carbonyl (C=O) groups is 1. The fourth-order valence-corrected chi connectivity index (χ4v) is 3.28. The molecule has 0 spiro atoms. The summed E-state index contributed by atoms with van der Waals surface area (Å²) in [5, 5.41) is 5.28. The molecule has 0 aliphatic carbocycles. The molecule has 0 aliphatic rings. The van der Waals surface area contributed by atoms with Crippen LogP contribution in [0.2, 0.25) is 0 Å². The van der Waals surface area contributed by atoms with Crippen molar-refractivity contribution in [2.45, 2.75) is 31.3 Å². The van der Waals surface area contributed by atoms with Crippen molar-refractivity contribution in [2.75, 3.05) is 12.4 Å². The Hall–Kier alpha value is -2.32. The van der Waals surface area contributed by atoms with Crippen LogP contribution in [-0.2, 0) is 16.6 Å². The van der Waals surface area contributed by atoms with Crippen LogP contribution in [0.3, 0.4) is 0 Å². The Morgan fingerprint density at radius 3 is 2.42 bits per heavy atom. The number of rotatable bonds is 6. The lowest BCUT2D eigenvalue weighted by Crippen LogP contribution is -2.33. The molecule has 1 aromatic carbocycles. The van der Waals surface area contributed by atoms with Crippen molar-refractivity contribution in [2.24, 2.45) is 0 Å². The van der Waals surface area contributed by atoms with E-state index in [0.717, 1.165) is 0 Å². The van der Waals surface area contributed by atoms with Gasteiger partial charge < -0.3 is 15.1 Å². The zero-order valence-electron chi connectivity index (χ0n) is 13.8. The number of nitrogens with one attached hydrogen (secondary N) is 2. The van der Waals surface area contributed by atoms with Crippen LogP contribution in [0.25, 0.3) is 0 Å². The summed E-state index contributed by atoms with van der Waals surface area (Å²) >= 11 is 0. The van der Waals surface area contributed by atoms with Gasteiger partial charge in [-0.3, -0.25) is 0 Å². The fourth-order valence-electron chi connectivity index (χ4n) is 1.91. The molecule has 1 aromatic heterocycles. The number of sulfonamides is 1. The summed E-state index contributed by atoms with van der Waals surface area (Å²) in [5.74, 6) is 0.642. The minimum atomic E-state index is -3.53. The topological polar surface area (TPSA) is 91.7 Å². The minimum Gasteiger partial charge on any atom is -0.467 e. The molecule has 24 heavy (non-hydrogen) atoms. The number of hydrogen-bond acceptors (Lipinski definition) is 4. The first-order valence-electron chi connectivity index (χ1n) is 7.46. The van der Waals surface area contributed by atoms with E-state index in [1.54, 1.807) is 38.1 Å². The van der Waals surface area contributed by atoms with Gasteiger partial charge in [-0.2, -0.15) is 4.31 Å². The van der Waals surface area contributed by atoms with E-state index >= 15 is 0 Å². The lowest BCUT2D eigenvalue weighted by molar-refractivity contribution is 0.251. The van der Waals surface area contributed by atoms with Crippen LogP contribution in [0.5, 0.6) is 0 Å². The van der Waals surface area contributed by atoms with Crippen molar-refractivity contribution in [3.63, 3.8) is 0 Å². The molecule has 2 N–H and O–H groups in total. The Kier molecular flexibility index (Phi) is 5.63. The third-order valence-electron chi connectivity index (χ3n) is 3.52. The number of benzene rings is 1. The fraction of sp³-hybridized carbons (Fsp3) is 0.312. The third-order valence-corrected chi connectivity index (χ3v) is 5.57. The summed E-state index contributed by atoms with van der Waals surface area (Å²) < 4.78 is 31.1. The smallest absolute Gasteiger partial charge is 0.319 e. The van der Waals surface area contributed by atoms with Crippen molar-refractivity contribution in [1.82, 2.24) is 9.62 Å². The molecule has 2 rings (SSSR count). The number of urea groups is 1. The second-order valence-electron chi connectivity index (χ2n) is 5.53. The number of furan rings is 1. The lowest BCUT2D eigenvalue weighted by atomic mass is 10.3. The molecule has 8 heteroatoms. The van der Waals surface area contributed by atoms with Crippen molar-refractivity contribution in [3.05, 3.63) is 48.4 Å². The number of anilines is 1. The van der Waals surface area contributed by atoms with Crippen molar-refractivity contribution < 1.29 is 17.6 Å². The van der Waals surface area contributed by atoms with Gasteiger partial charge in [-0.05, 0) is 50.2 Å². The highest BCUT2D eigenvalue weighted by atomic mass is 32.2. The van der Waals surface area contributed by atoms with Gasteiger partial charge in [-0.25, -0.2) is 13.2 Å². The molecule has 130 valence electrons. The van der Waals surface area contributed by atoms with E-state index in [-0.39, 0.29) is 17.5 Å². The van der Waals surface area contributed by atoms with Gasteiger partial charge in [0.1, 0.15) is 5.76 Å². The summed E-state index contributed by atoms with van der Waals surface area (Å²) in [6.07, 6.45) is 1.53. The maximum Gasteiger partial charge on any atom is 0.319 e. The van der Waals surface area contributed by atoms with E-state index in [9.17, 15) is 13.2 Å². The Balaban J connectivity index is 1.98. The Bertz CT molecular complexity index is 768. The first-order chi connectivity index (χ1) is 11.3. The van der Waals surface area contributed by atoms with Crippen LogP contribution >= 0.6 is 0 Å². The minimum absolute atomic E-state index is 0.139. The Morgan fingerprint density at radius 1 is 1.21 bits per heavy atom. The molecule has 0 atom stereocenters. The first kappa shape index (κ1) is 18.0. The van der Waals surface area contributed by atoms with Gasteiger partial charge in [-0.1, -0.05) is 0 Å². The molecule has 7 nitrogen and oxygen atoms in total. The van der Waals surface area contributed by atoms with Crippen molar-refractivity contribution >= 4 is 21.7 Å². The first-order valence-corrected chi connectivity index (χ1v) is 8.90. The summed E-state index contributed by atoms with van der Waals surface area (Å²) in [4.78, 5) is 12.0. The zero-order valence-corrected chi connectivity index (χ0v) is 14.6. The molecule has 0 unspecified atom stereocenters. The average molecular weight is 351 g/mol. The van der Waals surface area contributed by atoms with E-state index in [4.69, 9.17) is 4.42 Å². The lowest BCUT2D eigenvalue weighted by Gasteiger charge is -2.21. The van der Waals surface area contributed by atoms with Crippen LogP contribution in [0.15, 0.2) is 52.0 Å². The molecule has 0 bridgehead atoms. The zero-order chi connectivity index (χ0) is 17.7. The number of hydrogen-bond donors (Lipinski definition) is 2. The molecule has 2 amide bonds. The molecule has 2 aromatic rings. The summed E-state index contributed by atoms with van der Waals surface area (Å²) in [6.45, 7) is 3.87. The van der Waals surface area contributed by atoms with Crippen LogP contribution in [-0.4, -0.2) is 31.8 Å². The number of amides is 2. The van der Waals surface area contributed by atoms with Gasteiger partial charge in [-0.15, -0.1) is 0 Å². The predicted octanol–water partition coefficient (Wildman–Crippen LogP) is 2.63. The second-order valence-corrected chi connectivity index (χ2v) is 7.52. The van der Waals surface area contributed by atoms with Gasteiger partial charge in [0.05, 0.1) is 17.7 Å². The van der Waals surface area contributed by atoms with E-state index in [2.05, 4.69) is 10.6 Å². The van der Waals surface area contributed by atoms with Gasteiger partial charge in [0.25, 0.3) is 0 Å². The maximum atomic E-state index is 12.4. The quantitative estimate of drug-likeness (QED) is 0.837. The van der Waals surface area contributed by atoms with Gasteiger partial charge in [0.15, 0.2) is 0 Å². The number of nitrogens with zero attached hydrogens (tertiary/aromatic N) is 1. The van der Waals surface area contributed by atoms with Crippen LogP contribution in [0, 0.1) is 0 Å². The molecule has 0 aliphatic heterocycles. The average Bonchev–Trinajstić information content (AvgIpc) is 3.06. The normalized spacial score (nSPS) is 11.7. The molecule has 0 fully saturated rings. The van der Waals surface area contributed by atoms with E-state index in [0.29, 0.717) is 11.4 Å². The molecule has 0 radical (unpaired) electrons. The molecular formula is C16H21N3O4S. The predicted molar refractivity (Wildman–Crippen MR) is 91.1 cm³/mol. The highest BCUT2D eigenvalue weighted by molar-refractivity contribution is 7.89. The molecule has 1 heterocycles. The highest BCUT2D eigenvalue weighted by Gasteiger charge is 2.22. The van der Waals surface area contributed by atoms with Crippen LogP contribution in [0.1, 0.15) is 19.6 Å². The van der Waals surface area contributed by atoms with Gasteiger partial charge in [0.2, 0.25) is 10.0 Å². The Morgan fingerprint density at radius 2 is 1.88 bits per heavy atom. The van der Waals surface area contributed by atoms with E-state index in [1.807, 2.05) is 0 Å². The van der Waals surface area contributed by atoms with E-state index < -0.39 is 16.1 Å². The van der Waals surface area contributed by atoms with Gasteiger partial charge >= 0.3 is 6.03 Å². The molecular weight excluding hydrogens is 330 g/mol. The summed E-state index contributed by atoms with van der Waals surface area (Å²) in [7, 11) is -1.99. The Labute approximate surface area is 141 Å². The highest BCUT2D eigenvalue weighted by Crippen LogP contribution is 2.19. The summed E-state index contributed by atoms with van der Waals surface area (Å²) in [6, 6.07) is 8.99. The standard InChI is InChI=1S/C16H21N3O4S/c1-12(2)19(3)24(21,22)15-8-6-13(7-9-15)18-16(20)17-11-14-5-4-10-23-14/h4-10,12H,11H2,1-3H3,(H2,17,18,20). The van der Waals surface area contributed by atoms with Crippen LogP contribution < -0.4 is 10.6 Å². The third kappa shape index (κ3) is 4.36. The largest absolute Gasteiger partial charge is 0.467 e. The number of carbonyl (C=O) groups excluding carboxylic acids is 1. The monoisotopic (exact) mass is 351 g/mol. The molecule has 0 saturated carbocycles. The maximum absolute atomic E-state index is 12.4. The van der Waals surface area contributed by atoms with Crippen LogP contribution in [0.4, 0.5) is 10.5 Å². The van der Waals surface area contributed by atoms with Gasteiger partial charge in [0, 0.05) is 18.8 Å². The van der Waals surface area contributed by atoms with Crippen molar-refractivity contribution in [1.29, 1.82) is 0 Å². The molecule has 0 saturated heterocycles. The second kappa shape index (κ2) is 7.50. The van der Waals surface area contributed by atoms with E-state index in [1.165, 1.54) is 29.7 Å². The SMILES string of the molecule is CC(C)N(C)S(=O)(=O)c1ccc(NC(=O)NCc2ccco2)cc1.